The third-order valence-electron chi connectivity index (χ3n) is 4.87. The number of carbonyl (C=O) groups excluding carboxylic acids is 1. The van der Waals surface area contributed by atoms with E-state index in [0.29, 0.717) is 22.0 Å². The van der Waals surface area contributed by atoms with E-state index in [9.17, 15) is 17.6 Å². The molecule has 1 aromatic heterocycles. The fourth-order valence-corrected chi connectivity index (χ4v) is 3.93. The molecule has 2 aromatic rings. The summed E-state index contributed by atoms with van der Waals surface area (Å²) in [6, 6.07) is 3.77. The van der Waals surface area contributed by atoms with Crippen LogP contribution in [0.2, 0.25) is 5.02 Å². The number of hydrogen-bond donors (Lipinski definition) is 2. The van der Waals surface area contributed by atoms with Crippen LogP contribution < -0.4 is 10.6 Å². The Morgan fingerprint density at radius 3 is 2.65 bits per heavy atom. The van der Waals surface area contributed by atoms with E-state index >= 15 is 0 Å². The van der Waals surface area contributed by atoms with Crippen LogP contribution in [0.25, 0.3) is 0 Å². The molecule has 0 saturated heterocycles. The van der Waals surface area contributed by atoms with Crippen LogP contribution in [0.3, 0.4) is 0 Å². The van der Waals surface area contributed by atoms with Gasteiger partial charge in [0.2, 0.25) is 5.82 Å². The van der Waals surface area contributed by atoms with Gasteiger partial charge in [-0.3, -0.25) is 4.79 Å². The van der Waals surface area contributed by atoms with Gasteiger partial charge in [-0.05, 0) is 44.7 Å². The summed E-state index contributed by atoms with van der Waals surface area (Å²) >= 11 is 6.26. The van der Waals surface area contributed by atoms with Crippen molar-refractivity contribution in [2.45, 2.75) is 38.8 Å². The van der Waals surface area contributed by atoms with E-state index in [2.05, 4.69) is 20.6 Å². The molecule has 2 atom stereocenters. The first-order valence-corrected chi connectivity index (χ1v) is 12.1. The van der Waals surface area contributed by atoms with Crippen molar-refractivity contribution in [3.05, 3.63) is 63.8 Å². The highest BCUT2D eigenvalue weighted by Crippen LogP contribution is 2.45. The smallest absolute Gasteiger partial charge is 0.289 e. The molecule has 0 radical (unpaired) electrons. The van der Waals surface area contributed by atoms with Crippen LogP contribution in [0.15, 0.2) is 35.9 Å². The first-order chi connectivity index (χ1) is 14.5. The van der Waals surface area contributed by atoms with Gasteiger partial charge >= 0.3 is 0 Å². The summed E-state index contributed by atoms with van der Waals surface area (Å²) in [7, 11) is -3.28. The van der Waals surface area contributed by atoms with Gasteiger partial charge in [-0.1, -0.05) is 23.7 Å². The lowest BCUT2D eigenvalue weighted by Gasteiger charge is -2.22. The standard InChI is InChI=1S/C21H24ClFN4O3S/c1-12(9-10-31(3,29)30)25-21(28)20-24-11-17(13(2)26-20)27-19(14-7-8-14)18-15(22)5-4-6-16(18)23/h4-6,9-12,14,19,27H,7-8H2,1-3H3,(H,25,28)/b10-9+/t12-,19?/m1/s1. The number of benzene rings is 1. The number of aryl methyl sites for hydroxylation is 1. The monoisotopic (exact) mass is 466 g/mol. The van der Waals surface area contributed by atoms with E-state index in [0.717, 1.165) is 24.5 Å². The quantitative estimate of drug-likeness (QED) is 0.613. The summed E-state index contributed by atoms with van der Waals surface area (Å²) in [5, 5.41) is 7.30. The zero-order valence-corrected chi connectivity index (χ0v) is 19.0. The summed E-state index contributed by atoms with van der Waals surface area (Å²) in [5.74, 6) is -0.701. The predicted octanol–water partition coefficient (Wildman–Crippen LogP) is 3.82. The topological polar surface area (TPSA) is 101 Å². The second-order valence-electron chi connectivity index (χ2n) is 7.71. The fraction of sp³-hybridized carbons (Fsp3) is 0.381. The summed E-state index contributed by atoms with van der Waals surface area (Å²) < 4.78 is 36.9. The Bertz CT molecular complexity index is 1100. The van der Waals surface area contributed by atoms with Gasteiger partial charge < -0.3 is 10.6 Å². The summed E-state index contributed by atoms with van der Waals surface area (Å²) in [6.07, 6.45) is 5.84. The van der Waals surface area contributed by atoms with Gasteiger partial charge in [0.05, 0.1) is 23.6 Å². The van der Waals surface area contributed by atoms with Crippen LogP contribution >= 0.6 is 11.6 Å². The van der Waals surface area contributed by atoms with E-state index in [1.165, 1.54) is 18.3 Å². The van der Waals surface area contributed by atoms with Crippen LogP contribution in [-0.2, 0) is 9.84 Å². The lowest BCUT2D eigenvalue weighted by atomic mass is 10.0. The molecule has 0 spiro atoms. The van der Waals surface area contributed by atoms with Crippen LogP contribution in [-0.4, -0.2) is 36.6 Å². The molecule has 1 heterocycles. The number of sulfone groups is 1. The highest BCUT2D eigenvalue weighted by molar-refractivity contribution is 7.93. The molecule has 10 heteroatoms. The molecular formula is C21H24ClFN4O3S. The van der Waals surface area contributed by atoms with Gasteiger partial charge in [-0.15, -0.1) is 0 Å². The van der Waals surface area contributed by atoms with E-state index in [-0.39, 0.29) is 23.6 Å². The van der Waals surface area contributed by atoms with Crippen molar-refractivity contribution in [1.82, 2.24) is 15.3 Å². The van der Waals surface area contributed by atoms with E-state index in [1.807, 2.05) is 0 Å². The van der Waals surface area contributed by atoms with Crippen LogP contribution in [0.5, 0.6) is 0 Å². The van der Waals surface area contributed by atoms with Gasteiger partial charge in [0.15, 0.2) is 9.84 Å². The molecule has 31 heavy (non-hydrogen) atoms. The molecule has 1 fully saturated rings. The van der Waals surface area contributed by atoms with E-state index < -0.39 is 21.8 Å². The van der Waals surface area contributed by atoms with Gasteiger partial charge in [-0.25, -0.2) is 22.8 Å². The maximum atomic E-state index is 14.5. The Morgan fingerprint density at radius 1 is 1.35 bits per heavy atom. The maximum absolute atomic E-state index is 14.5. The average molecular weight is 467 g/mol. The molecule has 0 aliphatic heterocycles. The fourth-order valence-electron chi connectivity index (χ4n) is 3.13. The Morgan fingerprint density at radius 2 is 2.06 bits per heavy atom. The number of nitrogens with one attached hydrogen (secondary N) is 2. The molecule has 1 aliphatic carbocycles. The number of halogens is 2. The lowest BCUT2D eigenvalue weighted by molar-refractivity contribution is 0.0936. The summed E-state index contributed by atoms with van der Waals surface area (Å²) in [5.41, 5.74) is 1.52. The Balaban J connectivity index is 1.76. The van der Waals surface area contributed by atoms with E-state index in [1.54, 1.807) is 26.0 Å². The van der Waals surface area contributed by atoms with Gasteiger partial charge in [0.25, 0.3) is 5.91 Å². The third-order valence-corrected chi connectivity index (χ3v) is 5.85. The normalized spacial score (nSPS) is 16.2. The minimum atomic E-state index is -3.28. The molecular weight excluding hydrogens is 443 g/mol. The molecule has 2 N–H and O–H groups in total. The van der Waals surface area contributed by atoms with Gasteiger partial charge in [-0.2, -0.15) is 0 Å². The second-order valence-corrected chi connectivity index (χ2v) is 10.0. The van der Waals surface area contributed by atoms with E-state index in [4.69, 9.17) is 11.6 Å². The lowest BCUT2D eigenvalue weighted by Crippen LogP contribution is -2.32. The molecule has 1 unspecified atom stereocenters. The Hall–Kier alpha value is -2.52. The third kappa shape index (κ3) is 6.24. The SMILES string of the molecule is Cc1nc(C(=O)N[C@H](C)/C=C/S(C)(=O)=O)ncc1NC(c1c(F)cccc1Cl)C1CC1. The zero-order chi connectivity index (χ0) is 22.8. The molecule has 3 rings (SSSR count). The molecule has 166 valence electrons. The summed E-state index contributed by atoms with van der Waals surface area (Å²) in [6.45, 7) is 3.36. The largest absolute Gasteiger partial charge is 0.375 e. The van der Waals surface area contributed by atoms with Crippen LogP contribution in [0.4, 0.5) is 10.1 Å². The predicted molar refractivity (Wildman–Crippen MR) is 118 cm³/mol. The van der Waals surface area contributed by atoms with Crippen molar-refractivity contribution in [2.24, 2.45) is 5.92 Å². The number of anilines is 1. The molecule has 7 nitrogen and oxygen atoms in total. The molecule has 1 saturated carbocycles. The first kappa shape index (κ1) is 23.1. The van der Waals surface area contributed by atoms with Crippen molar-refractivity contribution >= 4 is 33.0 Å². The number of rotatable bonds is 8. The minimum absolute atomic E-state index is 0.0467. The molecule has 1 aliphatic rings. The number of carbonyl (C=O) groups is 1. The van der Waals surface area contributed by atoms with Crippen LogP contribution in [0, 0.1) is 18.7 Å². The number of nitrogens with zero attached hydrogens (tertiary/aromatic N) is 2. The van der Waals surface area contributed by atoms with Gasteiger partial charge in [0, 0.05) is 28.3 Å². The average Bonchev–Trinajstić information content (AvgIpc) is 3.51. The Labute approximate surface area is 186 Å². The highest BCUT2D eigenvalue weighted by atomic mass is 35.5. The van der Waals surface area contributed by atoms with Crippen molar-refractivity contribution in [3.8, 4) is 0 Å². The number of aromatic nitrogens is 2. The maximum Gasteiger partial charge on any atom is 0.289 e. The van der Waals surface area contributed by atoms with Crippen molar-refractivity contribution < 1.29 is 17.6 Å². The first-order valence-electron chi connectivity index (χ1n) is 9.78. The number of amides is 1. The zero-order valence-electron chi connectivity index (χ0n) is 17.4. The molecule has 1 amide bonds. The highest BCUT2D eigenvalue weighted by Gasteiger charge is 2.35. The molecule has 1 aromatic carbocycles. The van der Waals surface area contributed by atoms with Crippen molar-refractivity contribution in [2.75, 3.05) is 11.6 Å². The van der Waals surface area contributed by atoms with Crippen molar-refractivity contribution in [1.29, 1.82) is 0 Å². The Kier molecular flexibility index (Phi) is 6.96. The van der Waals surface area contributed by atoms with Crippen LogP contribution in [0.1, 0.15) is 47.7 Å². The summed E-state index contributed by atoms with van der Waals surface area (Å²) in [4.78, 5) is 20.8. The number of hydrogen-bond acceptors (Lipinski definition) is 6. The minimum Gasteiger partial charge on any atom is -0.375 e. The second kappa shape index (κ2) is 9.32. The molecule has 0 bridgehead atoms. The van der Waals surface area contributed by atoms with Crippen molar-refractivity contribution in [3.63, 3.8) is 0 Å². The van der Waals surface area contributed by atoms with Gasteiger partial charge in [0.1, 0.15) is 5.82 Å².